The Kier molecular flexibility index (Phi) is 5.08. The predicted molar refractivity (Wildman–Crippen MR) is 77.1 cm³/mol. The number of nitrogens with one attached hydrogen (secondary N) is 2. The van der Waals surface area contributed by atoms with E-state index in [4.69, 9.17) is 0 Å². The third-order valence-electron chi connectivity index (χ3n) is 3.06. The molecule has 1 amide bonds. The molecule has 18 heavy (non-hydrogen) atoms. The predicted octanol–water partition coefficient (Wildman–Crippen LogP) is 2.88. The summed E-state index contributed by atoms with van der Waals surface area (Å²) in [5.41, 5.74) is 0.882. The van der Waals surface area contributed by atoms with Crippen LogP contribution in [-0.4, -0.2) is 24.2 Å². The van der Waals surface area contributed by atoms with E-state index < -0.39 is 0 Å². The Morgan fingerprint density at radius 2 is 2.17 bits per heavy atom. The fourth-order valence-electron chi connectivity index (χ4n) is 2.11. The lowest BCUT2D eigenvalue weighted by Gasteiger charge is -2.22. The number of carbonyl (C=O) groups is 1. The number of anilines is 1. The fraction of sp³-hybridized carbons (Fsp3) is 0.500. The minimum Gasteiger partial charge on any atom is -0.325 e. The minimum atomic E-state index is -0.0246. The number of rotatable bonds is 4. The van der Waals surface area contributed by atoms with Crippen LogP contribution in [0.4, 0.5) is 5.69 Å². The highest BCUT2D eigenvalue weighted by Crippen LogP contribution is 2.20. The van der Waals surface area contributed by atoms with E-state index in [0.717, 1.165) is 30.8 Å². The number of hydrogen-bond donors (Lipinski definition) is 2. The molecule has 1 saturated heterocycles. The zero-order valence-corrected chi connectivity index (χ0v) is 11.6. The number of thioether (sulfide) groups is 1. The van der Waals surface area contributed by atoms with Gasteiger partial charge < -0.3 is 10.6 Å². The van der Waals surface area contributed by atoms with Crippen LogP contribution in [0.25, 0.3) is 0 Å². The molecule has 98 valence electrons. The first-order valence-electron chi connectivity index (χ1n) is 6.56. The zero-order valence-electron chi connectivity index (χ0n) is 10.7. The first-order chi connectivity index (χ1) is 8.79. The van der Waals surface area contributed by atoms with Gasteiger partial charge in [-0.1, -0.05) is 13.3 Å². The Morgan fingerprint density at radius 1 is 1.39 bits per heavy atom. The second-order valence-electron chi connectivity index (χ2n) is 4.45. The maximum Gasteiger partial charge on any atom is 0.241 e. The van der Waals surface area contributed by atoms with Crippen LogP contribution in [0.15, 0.2) is 29.2 Å². The summed E-state index contributed by atoms with van der Waals surface area (Å²) in [7, 11) is 0. The largest absolute Gasteiger partial charge is 0.325 e. The molecule has 0 aromatic heterocycles. The molecule has 2 rings (SSSR count). The summed E-state index contributed by atoms with van der Waals surface area (Å²) in [6.45, 7) is 3.08. The topological polar surface area (TPSA) is 41.1 Å². The number of benzene rings is 1. The summed E-state index contributed by atoms with van der Waals surface area (Å²) in [5.74, 6) is 1.16. The molecular formula is C14H20N2OS. The van der Waals surface area contributed by atoms with Gasteiger partial charge in [0.25, 0.3) is 0 Å². The Morgan fingerprint density at radius 3 is 2.78 bits per heavy atom. The van der Waals surface area contributed by atoms with Crippen LogP contribution in [0.2, 0.25) is 0 Å². The molecule has 1 unspecified atom stereocenters. The van der Waals surface area contributed by atoms with E-state index in [1.165, 1.54) is 11.3 Å². The van der Waals surface area contributed by atoms with Crippen molar-refractivity contribution in [3.63, 3.8) is 0 Å². The number of piperidine rings is 1. The number of carbonyl (C=O) groups excluding carboxylic acids is 1. The van der Waals surface area contributed by atoms with Crippen LogP contribution in [0.1, 0.15) is 26.2 Å². The molecule has 1 aromatic rings. The first kappa shape index (κ1) is 13.4. The van der Waals surface area contributed by atoms with Gasteiger partial charge in [-0.15, -0.1) is 11.8 Å². The van der Waals surface area contributed by atoms with Gasteiger partial charge in [-0.3, -0.25) is 4.79 Å². The van der Waals surface area contributed by atoms with Gasteiger partial charge in [0.05, 0.1) is 6.04 Å². The van der Waals surface area contributed by atoms with Gasteiger partial charge in [-0.05, 0) is 49.4 Å². The molecule has 1 aromatic carbocycles. The molecule has 2 N–H and O–H groups in total. The quantitative estimate of drug-likeness (QED) is 0.822. The lowest BCUT2D eigenvalue weighted by atomic mass is 10.0. The van der Waals surface area contributed by atoms with Crippen molar-refractivity contribution in [3.05, 3.63) is 24.3 Å². The summed E-state index contributed by atoms with van der Waals surface area (Å²) in [6.07, 6.45) is 3.25. The Hall–Kier alpha value is -1.00. The molecule has 1 fully saturated rings. The van der Waals surface area contributed by atoms with Crippen LogP contribution in [0, 0.1) is 0 Å². The second-order valence-corrected chi connectivity index (χ2v) is 5.79. The summed E-state index contributed by atoms with van der Waals surface area (Å²) < 4.78 is 0. The lowest BCUT2D eigenvalue weighted by molar-refractivity contribution is -0.118. The van der Waals surface area contributed by atoms with Gasteiger partial charge in [0.15, 0.2) is 0 Å². The van der Waals surface area contributed by atoms with Crippen molar-refractivity contribution in [2.45, 2.75) is 37.1 Å². The standard InChI is InChI=1S/C14H20N2OS/c1-2-18-12-8-6-11(7-9-12)16-14(17)13-5-3-4-10-15-13/h6-9,13,15H,2-5,10H2,1H3,(H,16,17). The minimum absolute atomic E-state index is 0.0246. The van der Waals surface area contributed by atoms with E-state index in [9.17, 15) is 4.79 Å². The van der Waals surface area contributed by atoms with Crippen molar-refractivity contribution in [2.24, 2.45) is 0 Å². The van der Waals surface area contributed by atoms with Gasteiger partial charge in [-0.2, -0.15) is 0 Å². The summed E-state index contributed by atoms with van der Waals surface area (Å²) in [6, 6.07) is 8.02. The van der Waals surface area contributed by atoms with E-state index in [0.29, 0.717) is 0 Å². The highest BCUT2D eigenvalue weighted by atomic mass is 32.2. The van der Waals surface area contributed by atoms with Crippen molar-refractivity contribution < 1.29 is 4.79 Å². The fourth-order valence-corrected chi connectivity index (χ4v) is 2.77. The van der Waals surface area contributed by atoms with E-state index in [1.54, 1.807) is 11.8 Å². The number of amides is 1. The third kappa shape index (κ3) is 3.75. The highest BCUT2D eigenvalue weighted by molar-refractivity contribution is 7.99. The maximum absolute atomic E-state index is 12.0. The van der Waals surface area contributed by atoms with Crippen LogP contribution in [0.5, 0.6) is 0 Å². The normalized spacial score (nSPS) is 19.5. The summed E-state index contributed by atoms with van der Waals surface area (Å²) in [4.78, 5) is 13.2. The molecule has 0 aliphatic carbocycles. The molecule has 3 nitrogen and oxygen atoms in total. The molecule has 0 radical (unpaired) electrons. The van der Waals surface area contributed by atoms with Gasteiger partial charge in [0.2, 0.25) is 5.91 Å². The Balaban J connectivity index is 1.89. The van der Waals surface area contributed by atoms with Gasteiger partial charge >= 0.3 is 0 Å². The van der Waals surface area contributed by atoms with Crippen LogP contribution in [-0.2, 0) is 4.79 Å². The SMILES string of the molecule is CCSc1ccc(NC(=O)C2CCCCN2)cc1. The highest BCUT2D eigenvalue weighted by Gasteiger charge is 2.20. The molecule has 1 aliphatic heterocycles. The van der Waals surface area contributed by atoms with Crippen molar-refractivity contribution in [2.75, 3.05) is 17.6 Å². The van der Waals surface area contributed by atoms with E-state index >= 15 is 0 Å². The average Bonchev–Trinajstić information content (AvgIpc) is 2.42. The van der Waals surface area contributed by atoms with Crippen molar-refractivity contribution in [1.82, 2.24) is 5.32 Å². The smallest absolute Gasteiger partial charge is 0.241 e. The molecule has 1 heterocycles. The Labute approximate surface area is 113 Å². The summed E-state index contributed by atoms with van der Waals surface area (Å²) in [5, 5.41) is 6.22. The summed E-state index contributed by atoms with van der Waals surface area (Å²) >= 11 is 1.81. The van der Waals surface area contributed by atoms with Gasteiger partial charge in [0, 0.05) is 10.6 Å². The van der Waals surface area contributed by atoms with Crippen LogP contribution < -0.4 is 10.6 Å². The Bertz CT molecular complexity index is 385. The average molecular weight is 264 g/mol. The number of hydrogen-bond acceptors (Lipinski definition) is 3. The van der Waals surface area contributed by atoms with Crippen molar-refractivity contribution in [3.8, 4) is 0 Å². The molecule has 0 saturated carbocycles. The zero-order chi connectivity index (χ0) is 12.8. The monoisotopic (exact) mass is 264 g/mol. The van der Waals surface area contributed by atoms with Crippen LogP contribution >= 0.6 is 11.8 Å². The van der Waals surface area contributed by atoms with Crippen molar-refractivity contribution >= 4 is 23.4 Å². The van der Waals surface area contributed by atoms with E-state index in [-0.39, 0.29) is 11.9 Å². The van der Waals surface area contributed by atoms with Crippen molar-refractivity contribution in [1.29, 1.82) is 0 Å². The molecule has 0 bridgehead atoms. The lowest BCUT2D eigenvalue weighted by Crippen LogP contribution is -2.43. The third-order valence-corrected chi connectivity index (χ3v) is 3.95. The van der Waals surface area contributed by atoms with Crippen LogP contribution in [0.3, 0.4) is 0 Å². The van der Waals surface area contributed by atoms with E-state index in [2.05, 4.69) is 29.7 Å². The molecular weight excluding hydrogens is 244 g/mol. The van der Waals surface area contributed by atoms with E-state index in [1.807, 2.05) is 12.1 Å². The van der Waals surface area contributed by atoms with Gasteiger partial charge in [0.1, 0.15) is 0 Å². The second kappa shape index (κ2) is 6.81. The molecule has 1 atom stereocenters. The first-order valence-corrected chi connectivity index (χ1v) is 7.55. The maximum atomic E-state index is 12.0. The molecule has 4 heteroatoms. The van der Waals surface area contributed by atoms with Gasteiger partial charge in [-0.25, -0.2) is 0 Å². The molecule has 1 aliphatic rings. The molecule has 0 spiro atoms.